The molecule has 0 heterocycles. The second-order valence-electron chi connectivity index (χ2n) is 3.58. The summed E-state index contributed by atoms with van der Waals surface area (Å²) in [5, 5.41) is 3.95. The molecule has 1 aromatic rings. The van der Waals surface area contributed by atoms with E-state index in [4.69, 9.17) is 0 Å². The molecule has 3 heteroatoms. The van der Waals surface area contributed by atoms with E-state index in [0.717, 1.165) is 4.47 Å². The van der Waals surface area contributed by atoms with Crippen LogP contribution in [0.4, 0.5) is 0 Å². The lowest BCUT2D eigenvalue weighted by Gasteiger charge is -2.21. The minimum atomic E-state index is 0.582. The van der Waals surface area contributed by atoms with Crippen LogP contribution in [-0.4, -0.2) is 18.3 Å². The summed E-state index contributed by atoms with van der Waals surface area (Å²) in [5.74, 6) is 0. The van der Waals surface area contributed by atoms with Gasteiger partial charge in [0, 0.05) is 20.7 Å². The van der Waals surface area contributed by atoms with Crippen molar-refractivity contribution >= 4 is 27.7 Å². The monoisotopic (exact) mass is 287 g/mol. The third kappa shape index (κ3) is 4.17. The smallest absolute Gasteiger partial charge is 0.0219 e. The molecule has 0 saturated carbocycles. The van der Waals surface area contributed by atoms with Crippen LogP contribution in [0.25, 0.3) is 0 Å². The molecule has 0 spiro atoms. The number of hydrogen-bond donors (Lipinski definition) is 1. The molecule has 1 rings (SSSR count). The summed E-state index contributed by atoms with van der Waals surface area (Å²) in [4.78, 5) is 1.33. The van der Waals surface area contributed by atoms with Gasteiger partial charge in [0.2, 0.25) is 0 Å². The van der Waals surface area contributed by atoms with E-state index in [1.54, 1.807) is 0 Å². The lowest BCUT2D eigenvalue weighted by Crippen LogP contribution is -2.33. The van der Waals surface area contributed by atoms with Crippen molar-refractivity contribution in [2.24, 2.45) is 0 Å². The molecule has 1 aromatic carbocycles. The molecule has 84 valence electrons. The van der Waals surface area contributed by atoms with Gasteiger partial charge in [0.15, 0.2) is 0 Å². The maximum absolute atomic E-state index is 3.45. The van der Waals surface area contributed by atoms with Crippen LogP contribution in [0, 0.1) is 0 Å². The van der Waals surface area contributed by atoms with Gasteiger partial charge in [0.25, 0.3) is 0 Å². The van der Waals surface area contributed by atoms with Crippen LogP contribution in [0.2, 0.25) is 0 Å². The molecule has 2 atom stereocenters. The van der Waals surface area contributed by atoms with Crippen LogP contribution in [0.5, 0.6) is 0 Å². The van der Waals surface area contributed by atoms with E-state index in [2.05, 4.69) is 59.4 Å². The zero-order valence-electron chi connectivity index (χ0n) is 9.46. The van der Waals surface area contributed by atoms with Crippen LogP contribution in [-0.2, 0) is 0 Å². The average Bonchev–Trinajstić information content (AvgIpc) is 2.23. The van der Waals surface area contributed by atoms with E-state index in [1.807, 2.05) is 18.8 Å². The largest absolute Gasteiger partial charge is 0.316 e. The van der Waals surface area contributed by atoms with Crippen molar-refractivity contribution in [3.63, 3.8) is 0 Å². The van der Waals surface area contributed by atoms with Gasteiger partial charge in [-0.15, -0.1) is 11.8 Å². The Labute approximate surface area is 105 Å². The second kappa shape index (κ2) is 6.56. The molecule has 0 fully saturated rings. The van der Waals surface area contributed by atoms with Gasteiger partial charge in [-0.2, -0.15) is 0 Å². The Hall–Kier alpha value is 0.01000. The molecule has 0 aliphatic heterocycles. The molecule has 2 unspecified atom stereocenters. The molecule has 0 amide bonds. The van der Waals surface area contributed by atoms with Crippen molar-refractivity contribution in [3.8, 4) is 0 Å². The van der Waals surface area contributed by atoms with Gasteiger partial charge in [-0.1, -0.05) is 29.8 Å². The summed E-state index contributed by atoms with van der Waals surface area (Å²) < 4.78 is 1.14. The van der Waals surface area contributed by atoms with E-state index < -0.39 is 0 Å². The van der Waals surface area contributed by atoms with Gasteiger partial charge in [-0.3, -0.25) is 0 Å². The highest BCUT2D eigenvalue weighted by atomic mass is 79.9. The number of halogens is 1. The minimum Gasteiger partial charge on any atom is -0.316 e. The van der Waals surface area contributed by atoms with Crippen LogP contribution in [0.3, 0.4) is 0 Å². The van der Waals surface area contributed by atoms with E-state index in [1.165, 1.54) is 11.3 Å². The third-order valence-corrected chi connectivity index (χ3v) is 4.29. The van der Waals surface area contributed by atoms with Gasteiger partial charge in [0.1, 0.15) is 0 Å². The normalized spacial score (nSPS) is 14.9. The molecule has 0 saturated heterocycles. The molecular weight excluding hydrogens is 270 g/mol. The van der Waals surface area contributed by atoms with Crippen LogP contribution < -0.4 is 5.32 Å². The van der Waals surface area contributed by atoms with Crippen molar-refractivity contribution in [1.82, 2.24) is 5.32 Å². The highest BCUT2D eigenvalue weighted by molar-refractivity contribution is 9.10. The molecule has 0 aliphatic rings. The van der Waals surface area contributed by atoms with Crippen molar-refractivity contribution in [1.29, 1.82) is 0 Å². The predicted molar refractivity (Wildman–Crippen MR) is 72.6 cm³/mol. The second-order valence-corrected chi connectivity index (χ2v) is 5.95. The van der Waals surface area contributed by atoms with Gasteiger partial charge < -0.3 is 5.32 Å². The fourth-order valence-corrected chi connectivity index (χ4v) is 3.06. The van der Waals surface area contributed by atoms with E-state index in [-0.39, 0.29) is 0 Å². The predicted octanol–water partition coefficient (Wildman–Crippen LogP) is 3.93. The molecule has 1 nitrogen and oxygen atoms in total. The maximum atomic E-state index is 3.45. The first-order valence-electron chi connectivity index (χ1n) is 5.26. The number of benzene rings is 1. The summed E-state index contributed by atoms with van der Waals surface area (Å²) in [6.07, 6.45) is 1.17. The van der Waals surface area contributed by atoms with Crippen molar-refractivity contribution in [2.45, 2.75) is 36.5 Å². The van der Waals surface area contributed by atoms with E-state index >= 15 is 0 Å². The molecular formula is C12H18BrNS. The summed E-state index contributed by atoms with van der Waals surface area (Å²) in [7, 11) is 2.03. The Morgan fingerprint density at radius 2 is 1.93 bits per heavy atom. The lowest BCUT2D eigenvalue weighted by atomic mass is 10.2. The topological polar surface area (TPSA) is 12.0 Å². The fraction of sp³-hybridized carbons (Fsp3) is 0.500. The average molecular weight is 288 g/mol. The SMILES string of the molecule is CCC(NC)C(C)Sc1ccc(Br)cc1. The fourth-order valence-electron chi connectivity index (χ4n) is 1.58. The Kier molecular flexibility index (Phi) is 5.72. The number of rotatable bonds is 5. The first-order chi connectivity index (χ1) is 7.17. The Balaban J connectivity index is 2.57. The summed E-state index contributed by atoms with van der Waals surface area (Å²) in [6, 6.07) is 9.09. The number of thioether (sulfide) groups is 1. The van der Waals surface area contributed by atoms with Gasteiger partial charge in [-0.25, -0.2) is 0 Å². The zero-order chi connectivity index (χ0) is 11.3. The van der Waals surface area contributed by atoms with E-state index in [0.29, 0.717) is 11.3 Å². The van der Waals surface area contributed by atoms with Gasteiger partial charge >= 0.3 is 0 Å². The van der Waals surface area contributed by atoms with Crippen LogP contribution in [0.1, 0.15) is 20.3 Å². The van der Waals surface area contributed by atoms with Crippen LogP contribution in [0.15, 0.2) is 33.6 Å². The Morgan fingerprint density at radius 1 is 1.33 bits per heavy atom. The zero-order valence-corrected chi connectivity index (χ0v) is 11.9. The van der Waals surface area contributed by atoms with Crippen LogP contribution >= 0.6 is 27.7 Å². The highest BCUT2D eigenvalue weighted by Crippen LogP contribution is 2.27. The first-order valence-corrected chi connectivity index (χ1v) is 6.94. The van der Waals surface area contributed by atoms with Crippen molar-refractivity contribution < 1.29 is 0 Å². The molecule has 0 radical (unpaired) electrons. The molecule has 1 N–H and O–H groups in total. The van der Waals surface area contributed by atoms with Gasteiger partial charge in [-0.05, 0) is 37.7 Å². The number of hydrogen-bond acceptors (Lipinski definition) is 2. The number of nitrogens with one attached hydrogen (secondary N) is 1. The third-order valence-electron chi connectivity index (χ3n) is 2.51. The molecule has 0 aromatic heterocycles. The Bertz CT molecular complexity index is 282. The maximum Gasteiger partial charge on any atom is 0.0219 e. The van der Waals surface area contributed by atoms with E-state index in [9.17, 15) is 0 Å². The van der Waals surface area contributed by atoms with Gasteiger partial charge in [0.05, 0.1) is 0 Å². The summed E-state index contributed by atoms with van der Waals surface area (Å²) in [6.45, 7) is 4.50. The quantitative estimate of drug-likeness (QED) is 0.824. The lowest BCUT2D eigenvalue weighted by molar-refractivity contribution is 0.541. The standard InChI is InChI=1S/C12H18BrNS/c1-4-12(14-3)9(2)15-11-7-5-10(13)6-8-11/h5-9,12,14H,4H2,1-3H3. The molecule has 15 heavy (non-hydrogen) atoms. The summed E-state index contributed by atoms with van der Waals surface area (Å²) in [5.41, 5.74) is 0. The van der Waals surface area contributed by atoms with Crippen molar-refractivity contribution in [2.75, 3.05) is 7.05 Å². The first kappa shape index (κ1) is 13.1. The Morgan fingerprint density at radius 3 is 2.40 bits per heavy atom. The molecule has 0 aliphatic carbocycles. The molecule has 0 bridgehead atoms. The van der Waals surface area contributed by atoms with Crippen molar-refractivity contribution in [3.05, 3.63) is 28.7 Å². The minimum absolute atomic E-state index is 0.582. The summed E-state index contributed by atoms with van der Waals surface area (Å²) >= 11 is 5.37. The highest BCUT2D eigenvalue weighted by Gasteiger charge is 2.14.